The fourth-order valence-electron chi connectivity index (χ4n) is 1.05. The van der Waals surface area contributed by atoms with Gasteiger partial charge in [0.15, 0.2) is 0 Å². The summed E-state index contributed by atoms with van der Waals surface area (Å²) < 4.78 is 1.84. The van der Waals surface area contributed by atoms with Crippen molar-refractivity contribution >= 4 is 60.9 Å². The van der Waals surface area contributed by atoms with Crippen LogP contribution in [0.25, 0.3) is 0 Å². The largest absolute Gasteiger partial charge is 0.396 e. The van der Waals surface area contributed by atoms with Gasteiger partial charge in [-0.2, -0.15) is 11.8 Å². The van der Waals surface area contributed by atoms with Crippen LogP contribution in [0.4, 0.5) is 0 Å². The van der Waals surface area contributed by atoms with Gasteiger partial charge in [0.1, 0.15) is 0 Å². The molecule has 17 heavy (non-hydrogen) atoms. The van der Waals surface area contributed by atoms with Crippen LogP contribution < -0.4 is 5.32 Å². The molecular formula is C10H13Br2NO2S2. The van der Waals surface area contributed by atoms with Gasteiger partial charge in [0.2, 0.25) is 0 Å². The van der Waals surface area contributed by atoms with E-state index in [4.69, 9.17) is 5.11 Å². The number of amides is 1. The Morgan fingerprint density at radius 1 is 1.47 bits per heavy atom. The van der Waals surface area contributed by atoms with E-state index >= 15 is 0 Å². The van der Waals surface area contributed by atoms with Gasteiger partial charge in [0, 0.05) is 23.4 Å². The average molecular weight is 403 g/mol. The Morgan fingerprint density at radius 3 is 2.82 bits per heavy atom. The zero-order valence-electron chi connectivity index (χ0n) is 9.04. The number of hydrogen-bond donors (Lipinski definition) is 2. The van der Waals surface area contributed by atoms with E-state index in [1.54, 1.807) is 11.8 Å². The first-order valence-electron chi connectivity index (χ1n) is 5.06. The summed E-state index contributed by atoms with van der Waals surface area (Å²) in [5.41, 5.74) is 0. The molecule has 0 saturated heterocycles. The van der Waals surface area contributed by atoms with Crippen LogP contribution >= 0.6 is 55.0 Å². The number of thioether (sulfide) groups is 1. The topological polar surface area (TPSA) is 49.3 Å². The molecule has 0 aromatic carbocycles. The first-order valence-corrected chi connectivity index (χ1v) is 8.62. The van der Waals surface area contributed by atoms with Crippen LogP contribution in [0.2, 0.25) is 0 Å². The predicted molar refractivity (Wildman–Crippen MR) is 81.1 cm³/mol. The first-order chi connectivity index (χ1) is 8.15. The third-order valence-electron chi connectivity index (χ3n) is 1.85. The Bertz CT molecular complexity index is 352. The molecule has 0 atom stereocenters. The molecule has 1 rings (SSSR count). The summed E-state index contributed by atoms with van der Waals surface area (Å²) in [6, 6.07) is 1.81. The Balaban J connectivity index is 2.21. The molecule has 0 spiro atoms. The van der Waals surface area contributed by atoms with Crippen LogP contribution in [0.1, 0.15) is 16.1 Å². The van der Waals surface area contributed by atoms with Crippen LogP contribution in [0.3, 0.4) is 0 Å². The molecule has 1 amide bonds. The van der Waals surface area contributed by atoms with Crippen molar-refractivity contribution in [3.8, 4) is 0 Å². The molecular weight excluding hydrogens is 390 g/mol. The highest BCUT2D eigenvalue weighted by Gasteiger charge is 2.10. The van der Waals surface area contributed by atoms with E-state index in [1.807, 2.05) is 6.07 Å². The summed E-state index contributed by atoms with van der Waals surface area (Å²) in [4.78, 5) is 12.4. The number of aliphatic hydroxyl groups is 1. The standard InChI is InChI=1S/C10H13Br2NO2S2/c11-7-6-8(17-9(7)12)10(15)13-2-5-16-4-1-3-14/h6,14H,1-5H2,(H,13,15). The van der Waals surface area contributed by atoms with Crippen LogP contribution in [-0.4, -0.2) is 35.7 Å². The van der Waals surface area contributed by atoms with E-state index in [1.165, 1.54) is 11.3 Å². The van der Waals surface area contributed by atoms with Gasteiger partial charge < -0.3 is 10.4 Å². The van der Waals surface area contributed by atoms with E-state index in [0.717, 1.165) is 26.2 Å². The quantitative estimate of drug-likeness (QED) is 0.689. The number of hydrogen-bond acceptors (Lipinski definition) is 4. The van der Waals surface area contributed by atoms with Gasteiger partial charge >= 0.3 is 0 Å². The molecule has 96 valence electrons. The smallest absolute Gasteiger partial charge is 0.261 e. The fraction of sp³-hybridized carbons (Fsp3) is 0.500. The monoisotopic (exact) mass is 401 g/mol. The highest BCUT2D eigenvalue weighted by Crippen LogP contribution is 2.32. The Kier molecular flexibility index (Phi) is 7.77. The van der Waals surface area contributed by atoms with Gasteiger partial charge in [-0.1, -0.05) is 0 Å². The second-order valence-corrected chi connectivity index (χ2v) is 7.63. The Morgan fingerprint density at radius 2 is 2.24 bits per heavy atom. The van der Waals surface area contributed by atoms with Gasteiger partial charge in [-0.25, -0.2) is 0 Å². The minimum Gasteiger partial charge on any atom is -0.396 e. The summed E-state index contributed by atoms with van der Waals surface area (Å²) in [5.74, 6) is 1.77. The van der Waals surface area contributed by atoms with Crippen molar-refractivity contribution in [3.63, 3.8) is 0 Å². The molecule has 0 saturated carbocycles. The molecule has 0 radical (unpaired) electrons. The van der Waals surface area contributed by atoms with Crippen LogP contribution in [-0.2, 0) is 0 Å². The van der Waals surface area contributed by atoms with E-state index < -0.39 is 0 Å². The average Bonchev–Trinajstić information content (AvgIpc) is 2.64. The first kappa shape index (κ1) is 15.5. The Hall–Kier alpha value is 0.440. The molecule has 0 aliphatic carbocycles. The number of nitrogens with one attached hydrogen (secondary N) is 1. The third-order valence-corrected chi connectivity index (χ3v) is 6.17. The van der Waals surface area contributed by atoms with E-state index in [9.17, 15) is 4.79 Å². The molecule has 1 aromatic rings. The van der Waals surface area contributed by atoms with Crippen molar-refractivity contribution in [2.45, 2.75) is 6.42 Å². The van der Waals surface area contributed by atoms with Gasteiger partial charge in [0.25, 0.3) is 5.91 Å². The maximum absolute atomic E-state index is 11.7. The summed E-state index contributed by atoms with van der Waals surface area (Å²) in [6.45, 7) is 0.888. The van der Waals surface area contributed by atoms with Gasteiger partial charge in [-0.15, -0.1) is 11.3 Å². The van der Waals surface area contributed by atoms with Crippen molar-refractivity contribution in [2.75, 3.05) is 24.7 Å². The zero-order chi connectivity index (χ0) is 12.7. The maximum atomic E-state index is 11.7. The van der Waals surface area contributed by atoms with Crippen molar-refractivity contribution in [2.24, 2.45) is 0 Å². The van der Waals surface area contributed by atoms with Gasteiger partial charge in [-0.05, 0) is 50.1 Å². The predicted octanol–water partition coefficient (Wildman–Crippen LogP) is 3.12. The zero-order valence-corrected chi connectivity index (χ0v) is 13.8. The van der Waals surface area contributed by atoms with E-state index in [-0.39, 0.29) is 12.5 Å². The SMILES string of the molecule is O=C(NCCSCCCO)c1cc(Br)c(Br)s1. The number of thiophene rings is 1. The molecule has 0 aliphatic rings. The minimum atomic E-state index is -0.0378. The van der Waals surface area contributed by atoms with Crippen LogP contribution in [0.5, 0.6) is 0 Å². The number of carbonyl (C=O) groups is 1. The molecule has 1 heterocycles. The number of rotatable bonds is 7. The van der Waals surface area contributed by atoms with E-state index in [2.05, 4.69) is 37.2 Å². The second-order valence-electron chi connectivity index (χ2n) is 3.18. The number of carbonyl (C=O) groups excluding carboxylic acids is 1. The van der Waals surface area contributed by atoms with Crippen molar-refractivity contribution in [3.05, 3.63) is 19.2 Å². The van der Waals surface area contributed by atoms with Crippen molar-refractivity contribution in [1.29, 1.82) is 0 Å². The lowest BCUT2D eigenvalue weighted by Crippen LogP contribution is -2.24. The van der Waals surface area contributed by atoms with E-state index in [0.29, 0.717) is 11.4 Å². The summed E-state index contributed by atoms with van der Waals surface area (Å²) in [5, 5.41) is 11.5. The number of halogens is 2. The fourth-order valence-corrected chi connectivity index (χ4v) is 3.79. The molecule has 7 heteroatoms. The van der Waals surface area contributed by atoms with Crippen LogP contribution in [0, 0.1) is 0 Å². The molecule has 0 fully saturated rings. The lowest BCUT2D eigenvalue weighted by molar-refractivity contribution is 0.0960. The summed E-state index contributed by atoms with van der Waals surface area (Å²) in [7, 11) is 0. The molecule has 1 aromatic heterocycles. The maximum Gasteiger partial charge on any atom is 0.261 e. The van der Waals surface area contributed by atoms with Crippen LogP contribution in [0.15, 0.2) is 14.3 Å². The normalized spacial score (nSPS) is 10.5. The molecule has 2 N–H and O–H groups in total. The molecule has 0 aliphatic heterocycles. The third kappa shape index (κ3) is 5.74. The molecule has 0 unspecified atom stereocenters. The van der Waals surface area contributed by atoms with Crippen molar-refractivity contribution < 1.29 is 9.90 Å². The molecule has 3 nitrogen and oxygen atoms in total. The number of aliphatic hydroxyl groups excluding tert-OH is 1. The highest BCUT2D eigenvalue weighted by molar-refractivity contribution is 9.13. The molecule has 0 bridgehead atoms. The Labute approximate surface area is 126 Å². The summed E-state index contributed by atoms with van der Waals surface area (Å²) in [6.07, 6.45) is 0.809. The lowest BCUT2D eigenvalue weighted by atomic mass is 10.4. The van der Waals surface area contributed by atoms with Crippen molar-refractivity contribution in [1.82, 2.24) is 5.32 Å². The second kappa shape index (κ2) is 8.53. The summed E-state index contributed by atoms with van der Waals surface area (Å²) >= 11 is 9.85. The lowest BCUT2D eigenvalue weighted by Gasteiger charge is -2.02. The minimum absolute atomic E-state index is 0.0378. The highest BCUT2D eigenvalue weighted by atomic mass is 79.9. The van der Waals surface area contributed by atoms with Gasteiger partial charge in [-0.3, -0.25) is 4.79 Å². The van der Waals surface area contributed by atoms with Gasteiger partial charge in [0.05, 0.1) is 8.66 Å².